The predicted octanol–water partition coefficient (Wildman–Crippen LogP) is 17.2. The molecular weight excluding hydrogens is 841 g/mol. The molecule has 0 radical (unpaired) electrons. The molecule has 0 unspecified atom stereocenters. The number of hydrogen-bond donors (Lipinski definition) is 1. The van der Waals surface area contributed by atoms with Crippen molar-refractivity contribution in [2.24, 2.45) is 0 Å². The second-order valence-electron chi connectivity index (χ2n) is 19.4. The summed E-state index contributed by atoms with van der Waals surface area (Å²) in [5, 5.41) is 5.06. The molecule has 3 heteroatoms. The Morgan fingerprint density at radius 2 is 0.897 bits per heavy atom. The highest BCUT2D eigenvalue weighted by molar-refractivity contribution is 7.26. The zero-order valence-corrected chi connectivity index (χ0v) is 38.4. The first kappa shape index (κ1) is 38.0. The van der Waals surface area contributed by atoms with Crippen molar-refractivity contribution in [2.45, 2.75) is 24.7 Å². The molecule has 0 saturated heterocycles. The molecule has 318 valence electrons. The first-order valence-corrected chi connectivity index (χ1v) is 24.5. The second-order valence-corrected chi connectivity index (χ2v) is 20.4. The van der Waals surface area contributed by atoms with Gasteiger partial charge in [0.15, 0.2) is 0 Å². The lowest BCUT2D eigenvalue weighted by Crippen LogP contribution is -2.40. The fourth-order valence-electron chi connectivity index (χ4n) is 12.7. The lowest BCUT2D eigenvalue weighted by molar-refractivity contribution is 0.563. The molecule has 12 aromatic rings. The number of imidazole rings is 1. The van der Waals surface area contributed by atoms with Gasteiger partial charge in [-0.25, -0.2) is 4.98 Å². The van der Waals surface area contributed by atoms with Gasteiger partial charge in [-0.2, -0.15) is 0 Å². The van der Waals surface area contributed by atoms with Crippen LogP contribution in [-0.4, -0.2) is 9.97 Å². The van der Waals surface area contributed by atoms with E-state index in [1.165, 1.54) is 109 Å². The molecule has 3 aliphatic carbocycles. The van der Waals surface area contributed by atoms with Gasteiger partial charge in [0, 0.05) is 42.3 Å². The Kier molecular flexibility index (Phi) is 7.68. The highest BCUT2D eigenvalue weighted by Crippen LogP contribution is 2.62. The molecule has 2 heterocycles. The van der Waals surface area contributed by atoms with Gasteiger partial charge in [0.05, 0.1) is 16.8 Å². The molecule has 68 heavy (non-hydrogen) atoms. The molecule has 10 aromatic carbocycles. The van der Waals surface area contributed by atoms with Crippen molar-refractivity contribution in [3.8, 4) is 78.4 Å². The standard InChI is InChI=1S/C65H42N2S/c1-64(2)53-24-8-10-26-55(53)65(56-27-11-9-25-54(56)64)52-23-7-5-17-43(52)44-34-33-40(37-57(44)65)38-29-31-39(32-30-38)60-61(49-36-35-48-42-16-4-3-15-41(42)46-19-13-20-47(49)59(46)48)67-63(66-60)51-22-14-21-50-45-18-6-12-28-58(45)68-62(50)51/h3-37H,1-2H3,(H,66,67). The number of benzene rings is 10. The third-order valence-corrected chi connectivity index (χ3v) is 16.9. The smallest absolute Gasteiger partial charge is 0.139 e. The van der Waals surface area contributed by atoms with E-state index in [1.54, 1.807) is 0 Å². The van der Waals surface area contributed by atoms with Crippen molar-refractivity contribution in [1.82, 2.24) is 9.97 Å². The van der Waals surface area contributed by atoms with Gasteiger partial charge < -0.3 is 4.98 Å². The summed E-state index contributed by atoms with van der Waals surface area (Å²) in [6.45, 7) is 4.78. The normalized spacial score (nSPS) is 14.3. The minimum absolute atomic E-state index is 0.142. The number of nitrogens with zero attached hydrogens (tertiary/aromatic N) is 1. The van der Waals surface area contributed by atoms with E-state index in [2.05, 4.69) is 231 Å². The molecule has 3 aliphatic rings. The Morgan fingerprint density at radius 3 is 1.65 bits per heavy atom. The van der Waals surface area contributed by atoms with E-state index in [4.69, 9.17) is 4.98 Å². The summed E-state index contributed by atoms with van der Waals surface area (Å²) in [4.78, 5) is 9.55. The van der Waals surface area contributed by atoms with Gasteiger partial charge in [-0.3, -0.25) is 0 Å². The van der Waals surface area contributed by atoms with Gasteiger partial charge in [-0.15, -0.1) is 11.3 Å². The van der Waals surface area contributed by atoms with Crippen molar-refractivity contribution in [1.29, 1.82) is 0 Å². The van der Waals surface area contributed by atoms with E-state index in [0.29, 0.717) is 0 Å². The minimum atomic E-state index is -0.440. The largest absolute Gasteiger partial charge is 0.337 e. The highest BCUT2D eigenvalue weighted by atomic mass is 32.1. The first-order chi connectivity index (χ1) is 33.5. The fourth-order valence-corrected chi connectivity index (χ4v) is 13.9. The van der Waals surface area contributed by atoms with E-state index in [9.17, 15) is 0 Å². The molecule has 0 atom stereocenters. The van der Waals surface area contributed by atoms with Crippen LogP contribution >= 0.6 is 11.3 Å². The lowest BCUT2D eigenvalue weighted by Gasteiger charge is -2.46. The summed E-state index contributed by atoms with van der Waals surface area (Å²) in [5.74, 6) is 0.877. The number of thiophene rings is 1. The van der Waals surface area contributed by atoms with Crippen LogP contribution in [0, 0.1) is 0 Å². The van der Waals surface area contributed by atoms with Gasteiger partial charge in [0.2, 0.25) is 0 Å². The quantitative estimate of drug-likeness (QED) is 0.187. The molecule has 0 saturated carbocycles. The molecule has 15 rings (SSSR count). The Balaban J connectivity index is 0.909. The maximum atomic E-state index is 5.61. The summed E-state index contributed by atoms with van der Waals surface area (Å²) < 4.78 is 2.53. The molecule has 0 fully saturated rings. The van der Waals surface area contributed by atoms with E-state index in [0.717, 1.165) is 33.9 Å². The van der Waals surface area contributed by atoms with E-state index in [-0.39, 0.29) is 5.41 Å². The molecule has 0 bridgehead atoms. The fraction of sp³-hybridized carbons (Fsp3) is 0.0615. The van der Waals surface area contributed by atoms with E-state index in [1.807, 2.05) is 11.3 Å². The number of aromatic amines is 1. The van der Waals surface area contributed by atoms with Crippen LogP contribution in [0.2, 0.25) is 0 Å². The van der Waals surface area contributed by atoms with Crippen molar-refractivity contribution in [2.75, 3.05) is 0 Å². The molecule has 2 aromatic heterocycles. The average molecular weight is 883 g/mol. The van der Waals surface area contributed by atoms with Gasteiger partial charge in [-0.1, -0.05) is 208 Å². The van der Waals surface area contributed by atoms with Crippen molar-refractivity contribution < 1.29 is 0 Å². The first-order valence-electron chi connectivity index (χ1n) is 23.7. The van der Waals surface area contributed by atoms with Crippen LogP contribution < -0.4 is 0 Å². The number of rotatable bonds is 4. The summed E-state index contributed by atoms with van der Waals surface area (Å²) in [6, 6.07) is 79.4. The second kappa shape index (κ2) is 13.7. The Bertz CT molecular complexity index is 4040. The van der Waals surface area contributed by atoms with Gasteiger partial charge in [0.25, 0.3) is 0 Å². The van der Waals surface area contributed by atoms with Crippen LogP contribution in [0.3, 0.4) is 0 Å². The number of nitrogens with one attached hydrogen (secondary N) is 1. The van der Waals surface area contributed by atoms with Gasteiger partial charge in [-0.05, 0) is 107 Å². The third kappa shape index (κ3) is 4.93. The molecule has 1 spiro atoms. The van der Waals surface area contributed by atoms with E-state index >= 15 is 0 Å². The zero-order chi connectivity index (χ0) is 44.9. The van der Waals surface area contributed by atoms with Crippen molar-refractivity contribution in [3.63, 3.8) is 0 Å². The van der Waals surface area contributed by atoms with Crippen LogP contribution in [0.4, 0.5) is 0 Å². The van der Waals surface area contributed by atoms with Crippen molar-refractivity contribution in [3.05, 3.63) is 246 Å². The number of fused-ring (bicyclic) bond motifs is 15. The molecule has 0 aliphatic heterocycles. The zero-order valence-electron chi connectivity index (χ0n) is 37.6. The minimum Gasteiger partial charge on any atom is -0.337 e. The topological polar surface area (TPSA) is 28.7 Å². The van der Waals surface area contributed by atoms with Crippen LogP contribution in [0.15, 0.2) is 212 Å². The van der Waals surface area contributed by atoms with Crippen molar-refractivity contribution >= 4 is 42.3 Å². The maximum Gasteiger partial charge on any atom is 0.139 e. The number of aromatic nitrogens is 2. The van der Waals surface area contributed by atoms with Crippen LogP contribution in [-0.2, 0) is 10.8 Å². The SMILES string of the molecule is CC1(C)c2ccccc2C2(c3ccccc3-c3ccc(-c4ccc(-c5[nH]c(-c6cccc7c6sc6ccccc67)nc5-c5ccc6c7c(cccc57)-c5ccccc5-6)cc4)cc32)c2ccccc21. The summed E-state index contributed by atoms with van der Waals surface area (Å²) in [7, 11) is 0. The monoisotopic (exact) mass is 882 g/mol. The van der Waals surface area contributed by atoms with Gasteiger partial charge in [0.1, 0.15) is 5.82 Å². The van der Waals surface area contributed by atoms with Crippen LogP contribution in [0.1, 0.15) is 47.2 Å². The average Bonchev–Trinajstić information content (AvgIpc) is 4.16. The predicted molar refractivity (Wildman–Crippen MR) is 285 cm³/mol. The molecule has 2 nitrogen and oxygen atoms in total. The number of H-pyrrole nitrogens is 1. The summed E-state index contributed by atoms with van der Waals surface area (Å²) in [5.41, 5.74) is 23.1. The van der Waals surface area contributed by atoms with Crippen LogP contribution in [0.25, 0.3) is 109 Å². The highest BCUT2D eigenvalue weighted by Gasteiger charge is 2.53. The number of hydrogen-bond acceptors (Lipinski definition) is 2. The molecule has 0 amide bonds. The van der Waals surface area contributed by atoms with Crippen LogP contribution in [0.5, 0.6) is 0 Å². The molecular formula is C65H42N2S. The lowest BCUT2D eigenvalue weighted by atomic mass is 9.55. The Labute approximate surface area is 398 Å². The summed E-state index contributed by atoms with van der Waals surface area (Å²) >= 11 is 1.84. The molecule has 1 N–H and O–H groups in total. The summed E-state index contributed by atoms with van der Waals surface area (Å²) in [6.07, 6.45) is 0. The van der Waals surface area contributed by atoms with E-state index < -0.39 is 5.41 Å². The third-order valence-electron chi connectivity index (χ3n) is 15.7. The Hall–Kier alpha value is -8.11. The Morgan fingerprint density at radius 1 is 0.382 bits per heavy atom. The van der Waals surface area contributed by atoms with Gasteiger partial charge >= 0.3 is 0 Å². The maximum absolute atomic E-state index is 5.61.